The summed E-state index contributed by atoms with van der Waals surface area (Å²) in [4.78, 5) is 10.9. The Kier molecular flexibility index (Phi) is 7.10. The number of alkyl halides is 3. The molecule has 12 heteroatoms. The highest BCUT2D eigenvalue weighted by Crippen LogP contribution is 2.60. The van der Waals surface area contributed by atoms with Crippen LogP contribution in [0.15, 0.2) is 41.7 Å². The number of nitrogens with one attached hydrogen (secondary N) is 1. The van der Waals surface area contributed by atoms with E-state index >= 15 is 0 Å². The van der Waals surface area contributed by atoms with Crippen LogP contribution in [0.1, 0.15) is 55.3 Å². The van der Waals surface area contributed by atoms with Crippen LogP contribution in [0, 0.1) is 12.3 Å². The Balaban J connectivity index is 1.03. The first-order valence-corrected chi connectivity index (χ1v) is 13.9. The molecular weight excluding hydrogens is 523 g/mol. The number of ether oxygens (including phenoxy) is 1. The predicted molar refractivity (Wildman–Crippen MR) is 143 cm³/mol. The molecule has 40 heavy (non-hydrogen) atoms. The summed E-state index contributed by atoms with van der Waals surface area (Å²) in [6.07, 6.45) is 6.42. The Morgan fingerprint density at radius 2 is 1.90 bits per heavy atom. The van der Waals surface area contributed by atoms with E-state index in [1.807, 2.05) is 12.2 Å². The second kappa shape index (κ2) is 10.3. The van der Waals surface area contributed by atoms with Gasteiger partial charge in [-0.1, -0.05) is 6.08 Å². The van der Waals surface area contributed by atoms with Gasteiger partial charge in [0.25, 0.3) is 0 Å². The number of nitrogens with two attached hydrogens (primary N) is 1. The van der Waals surface area contributed by atoms with Crippen LogP contribution < -0.4 is 11.1 Å². The minimum atomic E-state index is -4.51. The number of aromatic nitrogens is 3. The Morgan fingerprint density at radius 1 is 1.15 bits per heavy atom. The third-order valence-corrected chi connectivity index (χ3v) is 9.22. The monoisotopic (exact) mass is 559 g/mol. The summed E-state index contributed by atoms with van der Waals surface area (Å²) in [6.45, 7) is 5.93. The van der Waals surface area contributed by atoms with E-state index in [0.717, 1.165) is 70.0 Å². The van der Waals surface area contributed by atoms with Crippen LogP contribution >= 0.6 is 0 Å². The number of rotatable bonds is 6. The van der Waals surface area contributed by atoms with Gasteiger partial charge in [-0.15, -0.1) is 0 Å². The van der Waals surface area contributed by atoms with Crippen LogP contribution in [0.2, 0.25) is 0 Å². The second-order valence-electron chi connectivity index (χ2n) is 11.6. The van der Waals surface area contributed by atoms with Crippen LogP contribution in [0.5, 0.6) is 0 Å². The molecule has 3 fully saturated rings. The first kappa shape index (κ1) is 27.5. The summed E-state index contributed by atoms with van der Waals surface area (Å²) in [5.74, 6) is 0. The van der Waals surface area contributed by atoms with E-state index in [1.54, 1.807) is 6.92 Å². The minimum absolute atomic E-state index is 0.193. The Bertz CT molecular complexity index is 1280. The van der Waals surface area contributed by atoms with E-state index in [1.165, 1.54) is 23.4 Å². The molecule has 2 aliphatic carbocycles. The zero-order valence-electron chi connectivity index (χ0n) is 22.6. The van der Waals surface area contributed by atoms with Gasteiger partial charge in [0.2, 0.25) is 0 Å². The number of halogens is 3. The SMILES string of the molecule is Cc1c(C(O)NC2C=CC(C3(N)CCC4(CC3)CC4N3CCOCC3)=NC2)cnn1-c1ccc(C(F)(F)F)nc1. The average Bonchev–Trinajstić information content (AvgIpc) is 3.53. The van der Waals surface area contributed by atoms with Crippen molar-refractivity contribution in [2.45, 2.75) is 69.1 Å². The van der Waals surface area contributed by atoms with Gasteiger partial charge in [0.15, 0.2) is 0 Å². The number of hydrogen-bond acceptors (Lipinski definition) is 8. The van der Waals surface area contributed by atoms with Crippen molar-refractivity contribution in [3.63, 3.8) is 0 Å². The van der Waals surface area contributed by atoms with Crippen molar-refractivity contribution in [2.24, 2.45) is 16.1 Å². The van der Waals surface area contributed by atoms with Crippen LogP contribution in [-0.2, 0) is 10.9 Å². The molecule has 0 bridgehead atoms. The van der Waals surface area contributed by atoms with Crippen molar-refractivity contribution >= 4 is 5.71 Å². The molecule has 3 atom stereocenters. The number of pyridine rings is 1. The molecule has 2 aromatic rings. The Hall–Kier alpha value is -2.64. The third kappa shape index (κ3) is 5.23. The maximum Gasteiger partial charge on any atom is 0.433 e. The molecular formula is C28H36F3N7O2. The lowest BCUT2D eigenvalue weighted by molar-refractivity contribution is -0.141. The summed E-state index contributed by atoms with van der Waals surface area (Å²) in [7, 11) is 0. The zero-order valence-corrected chi connectivity index (χ0v) is 22.6. The molecule has 4 aliphatic rings. The molecule has 9 nitrogen and oxygen atoms in total. The number of nitrogens with zero attached hydrogens (tertiary/aromatic N) is 5. The van der Waals surface area contributed by atoms with Gasteiger partial charge >= 0.3 is 6.18 Å². The molecule has 1 spiro atoms. The molecule has 3 unspecified atom stereocenters. The topological polar surface area (TPSA) is 114 Å². The van der Waals surface area contributed by atoms with E-state index < -0.39 is 23.6 Å². The maximum atomic E-state index is 12.8. The Labute approximate surface area is 231 Å². The van der Waals surface area contributed by atoms with Crippen LogP contribution in [-0.4, -0.2) is 81.0 Å². The molecule has 4 heterocycles. The Morgan fingerprint density at radius 3 is 2.52 bits per heavy atom. The lowest BCUT2D eigenvalue weighted by Crippen LogP contribution is -2.52. The summed E-state index contributed by atoms with van der Waals surface area (Å²) in [5, 5.41) is 18.3. The fourth-order valence-electron chi connectivity index (χ4n) is 6.59. The molecule has 2 saturated carbocycles. The molecule has 1 saturated heterocycles. The standard InChI is InChI=1S/C28H36F3N7O2/c1-18-21(17-35-38(18)20-3-5-23(34-16-20)28(29,30)31)25(39)36-19-2-4-22(33-15-19)27(32)8-6-26(7-9-27)14-24(26)37-10-12-40-13-11-37/h2-5,16-17,19,24-25,36,39H,6-15,32H2,1H3. The number of aliphatic imine (C=N–C) groups is 1. The normalized spacial score (nSPS) is 31.8. The molecule has 0 amide bonds. The van der Waals surface area contributed by atoms with Gasteiger partial charge in [0.1, 0.15) is 11.9 Å². The molecule has 216 valence electrons. The number of dihydropyridines is 1. The fourth-order valence-corrected chi connectivity index (χ4v) is 6.59. The van der Waals surface area contributed by atoms with Crippen molar-refractivity contribution < 1.29 is 23.0 Å². The molecule has 0 radical (unpaired) electrons. The van der Waals surface area contributed by atoms with Gasteiger partial charge in [0, 0.05) is 36.4 Å². The fraction of sp³-hybridized carbons (Fsp3) is 0.607. The van der Waals surface area contributed by atoms with Gasteiger partial charge in [-0.3, -0.25) is 15.2 Å². The van der Waals surface area contributed by atoms with E-state index in [0.29, 0.717) is 34.9 Å². The number of aliphatic hydroxyl groups excluding tert-OH is 1. The van der Waals surface area contributed by atoms with Crippen LogP contribution in [0.3, 0.4) is 0 Å². The largest absolute Gasteiger partial charge is 0.433 e. The molecule has 4 N–H and O–H groups in total. The van der Waals surface area contributed by atoms with Crippen LogP contribution in [0.4, 0.5) is 13.2 Å². The van der Waals surface area contributed by atoms with Gasteiger partial charge in [-0.2, -0.15) is 18.3 Å². The summed E-state index contributed by atoms with van der Waals surface area (Å²) >= 11 is 0. The maximum absolute atomic E-state index is 12.8. The average molecular weight is 560 g/mol. The smallest absolute Gasteiger partial charge is 0.379 e. The van der Waals surface area contributed by atoms with Crippen molar-refractivity contribution in [2.75, 3.05) is 32.8 Å². The summed E-state index contributed by atoms with van der Waals surface area (Å²) in [5.41, 5.74) is 8.33. The number of morpholine rings is 1. The van der Waals surface area contributed by atoms with E-state index in [-0.39, 0.29) is 6.04 Å². The third-order valence-electron chi connectivity index (χ3n) is 9.22. The first-order chi connectivity index (χ1) is 19.1. The number of aliphatic hydroxyl groups is 1. The molecule has 2 aromatic heterocycles. The predicted octanol–water partition coefficient (Wildman–Crippen LogP) is 2.92. The van der Waals surface area contributed by atoms with E-state index in [9.17, 15) is 18.3 Å². The highest BCUT2D eigenvalue weighted by atomic mass is 19.4. The van der Waals surface area contributed by atoms with Gasteiger partial charge in [-0.25, -0.2) is 9.67 Å². The summed E-state index contributed by atoms with van der Waals surface area (Å²) in [6, 6.07) is 2.70. The van der Waals surface area contributed by atoms with Gasteiger partial charge < -0.3 is 15.6 Å². The zero-order chi connectivity index (χ0) is 28.1. The molecule has 0 aromatic carbocycles. The van der Waals surface area contributed by atoms with Gasteiger partial charge in [-0.05, 0) is 62.7 Å². The minimum Gasteiger partial charge on any atom is -0.379 e. The van der Waals surface area contributed by atoms with Crippen molar-refractivity contribution in [3.05, 3.63) is 53.6 Å². The van der Waals surface area contributed by atoms with Crippen molar-refractivity contribution in [1.82, 2.24) is 25.0 Å². The van der Waals surface area contributed by atoms with Crippen LogP contribution in [0.25, 0.3) is 5.69 Å². The summed E-state index contributed by atoms with van der Waals surface area (Å²) < 4.78 is 45.5. The molecule has 2 aliphatic heterocycles. The molecule has 6 rings (SSSR count). The lowest BCUT2D eigenvalue weighted by atomic mass is 9.72. The van der Waals surface area contributed by atoms with Gasteiger partial charge in [0.05, 0.1) is 49.1 Å². The highest BCUT2D eigenvalue weighted by Gasteiger charge is 2.59. The number of hydrogen-bond donors (Lipinski definition) is 3. The lowest BCUT2D eigenvalue weighted by Gasteiger charge is -2.40. The first-order valence-electron chi connectivity index (χ1n) is 13.9. The van der Waals surface area contributed by atoms with E-state index in [2.05, 4.69) is 20.3 Å². The van der Waals surface area contributed by atoms with Crippen molar-refractivity contribution in [1.29, 1.82) is 0 Å². The van der Waals surface area contributed by atoms with E-state index in [4.69, 9.17) is 15.5 Å². The second-order valence-corrected chi connectivity index (χ2v) is 11.6. The van der Waals surface area contributed by atoms with Crippen molar-refractivity contribution in [3.8, 4) is 5.69 Å². The highest BCUT2D eigenvalue weighted by molar-refractivity contribution is 6.03. The quantitative estimate of drug-likeness (QED) is 0.467.